The summed E-state index contributed by atoms with van der Waals surface area (Å²) in [5.74, 6) is 1.21. The van der Waals surface area contributed by atoms with Crippen LogP contribution in [0.1, 0.15) is 19.3 Å². The van der Waals surface area contributed by atoms with Crippen LogP contribution in [0.3, 0.4) is 0 Å². The van der Waals surface area contributed by atoms with Crippen LogP contribution < -0.4 is 5.32 Å². The highest BCUT2D eigenvalue weighted by Gasteiger charge is 2.41. The molecule has 64 valence electrons. The molecule has 2 saturated heterocycles. The van der Waals surface area contributed by atoms with Crippen molar-refractivity contribution in [2.75, 3.05) is 18.1 Å². The van der Waals surface area contributed by atoms with Gasteiger partial charge in [-0.3, -0.25) is 4.78 Å². The van der Waals surface area contributed by atoms with Crippen molar-refractivity contribution in [1.29, 1.82) is 4.78 Å². The van der Waals surface area contributed by atoms with Gasteiger partial charge in [-0.05, 0) is 25.8 Å². The molecule has 0 amide bonds. The highest BCUT2D eigenvalue weighted by Crippen LogP contribution is 2.31. The third-order valence-electron chi connectivity index (χ3n) is 2.75. The van der Waals surface area contributed by atoms with Crippen LogP contribution in [-0.4, -0.2) is 27.8 Å². The van der Waals surface area contributed by atoms with E-state index in [-0.39, 0.29) is 5.54 Å². The monoisotopic (exact) mass is 174 g/mol. The zero-order valence-corrected chi connectivity index (χ0v) is 7.38. The van der Waals surface area contributed by atoms with Gasteiger partial charge in [0.05, 0.1) is 0 Å². The SMILES string of the molecule is N=S1(=O)CCC2(CCCN2)C1. The van der Waals surface area contributed by atoms with E-state index in [0.717, 1.165) is 19.4 Å². The summed E-state index contributed by atoms with van der Waals surface area (Å²) in [7, 11) is -2.20. The van der Waals surface area contributed by atoms with Gasteiger partial charge in [-0.25, -0.2) is 4.21 Å². The lowest BCUT2D eigenvalue weighted by molar-refractivity contribution is 0.426. The lowest BCUT2D eigenvalue weighted by Crippen LogP contribution is -2.40. The Morgan fingerprint density at radius 3 is 2.73 bits per heavy atom. The molecule has 0 aromatic heterocycles. The summed E-state index contributed by atoms with van der Waals surface area (Å²) in [6.07, 6.45) is 3.27. The Balaban J connectivity index is 2.20. The van der Waals surface area contributed by atoms with Gasteiger partial charge in [0.25, 0.3) is 0 Å². The van der Waals surface area contributed by atoms with Gasteiger partial charge < -0.3 is 5.32 Å². The van der Waals surface area contributed by atoms with Crippen molar-refractivity contribution in [3.05, 3.63) is 0 Å². The maximum atomic E-state index is 11.4. The highest BCUT2D eigenvalue weighted by molar-refractivity contribution is 7.92. The molecule has 2 unspecified atom stereocenters. The molecular formula is C7H14N2OS. The minimum absolute atomic E-state index is 0.110. The average molecular weight is 174 g/mol. The van der Waals surface area contributed by atoms with Gasteiger partial charge in [-0.2, -0.15) is 0 Å². The zero-order valence-electron chi connectivity index (χ0n) is 6.56. The molecule has 3 nitrogen and oxygen atoms in total. The molecule has 4 heteroatoms. The van der Waals surface area contributed by atoms with Gasteiger partial charge in [0, 0.05) is 26.8 Å². The maximum Gasteiger partial charge on any atom is 0.0498 e. The first-order valence-electron chi connectivity index (χ1n) is 4.11. The van der Waals surface area contributed by atoms with Crippen LogP contribution in [0.15, 0.2) is 0 Å². The van der Waals surface area contributed by atoms with E-state index in [2.05, 4.69) is 5.32 Å². The number of hydrogen-bond donors (Lipinski definition) is 2. The Hall–Kier alpha value is -0.0900. The molecule has 0 aliphatic carbocycles. The van der Waals surface area contributed by atoms with E-state index < -0.39 is 9.73 Å². The molecule has 2 atom stereocenters. The topological polar surface area (TPSA) is 53.0 Å². The van der Waals surface area contributed by atoms with Crippen LogP contribution in [-0.2, 0) is 9.73 Å². The minimum atomic E-state index is -2.20. The highest BCUT2D eigenvalue weighted by atomic mass is 32.2. The normalized spacial score (nSPS) is 50.5. The van der Waals surface area contributed by atoms with Crippen LogP contribution in [0.4, 0.5) is 0 Å². The van der Waals surface area contributed by atoms with Crippen LogP contribution in [0, 0.1) is 4.78 Å². The van der Waals surface area contributed by atoms with Crippen molar-refractivity contribution < 1.29 is 4.21 Å². The van der Waals surface area contributed by atoms with E-state index in [4.69, 9.17) is 4.78 Å². The minimum Gasteiger partial charge on any atom is -0.310 e. The maximum absolute atomic E-state index is 11.4. The first-order valence-corrected chi connectivity index (χ1v) is 6.01. The summed E-state index contributed by atoms with van der Waals surface area (Å²) in [6, 6.07) is 0. The summed E-state index contributed by atoms with van der Waals surface area (Å²) in [6.45, 7) is 1.05. The molecular weight excluding hydrogens is 160 g/mol. The average Bonchev–Trinajstić information content (AvgIpc) is 2.43. The molecule has 1 spiro atoms. The Labute approximate surface area is 67.5 Å². The van der Waals surface area contributed by atoms with Crippen LogP contribution in [0.5, 0.6) is 0 Å². The summed E-state index contributed by atoms with van der Waals surface area (Å²) in [5.41, 5.74) is 0.110. The Kier molecular flexibility index (Phi) is 1.51. The fourth-order valence-corrected chi connectivity index (χ4v) is 4.30. The van der Waals surface area contributed by atoms with Crippen molar-refractivity contribution in [2.45, 2.75) is 24.8 Å². The van der Waals surface area contributed by atoms with Crippen molar-refractivity contribution in [3.63, 3.8) is 0 Å². The van der Waals surface area contributed by atoms with Crippen molar-refractivity contribution in [1.82, 2.24) is 5.32 Å². The first kappa shape index (κ1) is 7.55. The quantitative estimate of drug-likeness (QED) is 0.564. The zero-order chi connectivity index (χ0) is 7.95. The number of hydrogen-bond acceptors (Lipinski definition) is 3. The second-order valence-corrected chi connectivity index (χ2v) is 6.04. The third kappa shape index (κ3) is 1.29. The first-order chi connectivity index (χ1) is 5.12. The summed E-state index contributed by atoms with van der Waals surface area (Å²) < 4.78 is 18.8. The standard InChI is InChI=1S/C7H14N2OS/c8-11(10)5-3-7(6-11)2-1-4-9-7/h8-9H,1-6H2. The van der Waals surface area contributed by atoms with E-state index in [9.17, 15) is 4.21 Å². The molecule has 0 aromatic rings. The van der Waals surface area contributed by atoms with Gasteiger partial charge in [0.2, 0.25) is 0 Å². The van der Waals surface area contributed by atoms with Crippen LogP contribution in [0.2, 0.25) is 0 Å². The largest absolute Gasteiger partial charge is 0.310 e. The molecule has 2 aliphatic heterocycles. The summed E-state index contributed by atoms with van der Waals surface area (Å²) in [4.78, 5) is 0. The van der Waals surface area contributed by atoms with Gasteiger partial charge in [0.15, 0.2) is 0 Å². The lowest BCUT2D eigenvalue weighted by atomic mass is 9.97. The van der Waals surface area contributed by atoms with Crippen LogP contribution >= 0.6 is 0 Å². The second-order valence-electron chi connectivity index (χ2n) is 3.72. The Morgan fingerprint density at radius 1 is 1.45 bits per heavy atom. The fourth-order valence-electron chi connectivity index (χ4n) is 2.16. The smallest absolute Gasteiger partial charge is 0.0498 e. The summed E-state index contributed by atoms with van der Waals surface area (Å²) >= 11 is 0. The van der Waals surface area contributed by atoms with E-state index in [1.165, 1.54) is 6.42 Å². The Bertz CT molecular complexity index is 252. The van der Waals surface area contributed by atoms with Crippen molar-refractivity contribution in [2.24, 2.45) is 0 Å². The number of nitrogens with one attached hydrogen (secondary N) is 2. The van der Waals surface area contributed by atoms with Crippen LogP contribution in [0.25, 0.3) is 0 Å². The molecule has 0 saturated carbocycles. The second kappa shape index (κ2) is 2.20. The van der Waals surface area contributed by atoms with E-state index in [0.29, 0.717) is 11.5 Å². The van der Waals surface area contributed by atoms with E-state index in [1.807, 2.05) is 0 Å². The molecule has 2 fully saturated rings. The van der Waals surface area contributed by atoms with Gasteiger partial charge in [-0.1, -0.05) is 0 Å². The molecule has 2 rings (SSSR count). The predicted octanol–water partition coefficient (Wildman–Crippen LogP) is 0.559. The molecule has 0 bridgehead atoms. The van der Waals surface area contributed by atoms with Gasteiger partial charge in [-0.15, -0.1) is 0 Å². The molecule has 2 heterocycles. The van der Waals surface area contributed by atoms with E-state index >= 15 is 0 Å². The fraction of sp³-hybridized carbons (Fsp3) is 1.00. The third-order valence-corrected chi connectivity index (χ3v) is 4.63. The van der Waals surface area contributed by atoms with Crippen molar-refractivity contribution >= 4 is 9.73 Å². The molecule has 2 aliphatic rings. The predicted molar refractivity (Wildman–Crippen MR) is 45.2 cm³/mol. The Morgan fingerprint density at radius 2 is 2.27 bits per heavy atom. The van der Waals surface area contributed by atoms with Crippen molar-refractivity contribution in [3.8, 4) is 0 Å². The van der Waals surface area contributed by atoms with E-state index in [1.54, 1.807) is 0 Å². The summed E-state index contributed by atoms with van der Waals surface area (Å²) in [5, 5.41) is 3.39. The lowest BCUT2D eigenvalue weighted by Gasteiger charge is -2.21. The number of rotatable bonds is 0. The molecule has 0 radical (unpaired) electrons. The molecule has 2 N–H and O–H groups in total. The van der Waals surface area contributed by atoms with Gasteiger partial charge >= 0.3 is 0 Å². The molecule has 11 heavy (non-hydrogen) atoms. The van der Waals surface area contributed by atoms with Gasteiger partial charge in [0.1, 0.15) is 0 Å². The molecule has 0 aromatic carbocycles.